The summed E-state index contributed by atoms with van der Waals surface area (Å²) in [6, 6.07) is 1.50. The van der Waals surface area contributed by atoms with E-state index in [0.717, 1.165) is 12.8 Å². The number of esters is 1. The highest BCUT2D eigenvalue weighted by atomic mass is 79.9. The van der Waals surface area contributed by atoms with E-state index in [1.165, 1.54) is 19.4 Å². The summed E-state index contributed by atoms with van der Waals surface area (Å²) in [5.41, 5.74) is 0.119. The number of carbonyl (C=O) groups excluding carboxylic acids is 1. The number of fused-ring (bicyclic) bond motifs is 1. The van der Waals surface area contributed by atoms with Crippen LogP contribution in [0.25, 0.3) is 10.9 Å². The quantitative estimate of drug-likeness (QED) is 0.798. The first-order valence-corrected chi connectivity index (χ1v) is 8.39. The normalized spacial score (nSPS) is 15.6. The van der Waals surface area contributed by atoms with Gasteiger partial charge >= 0.3 is 5.97 Å². The number of hydrogen-bond donors (Lipinski definition) is 1. The van der Waals surface area contributed by atoms with Crippen molar-refractivity contribution >= 4 is 32.8 Å². The maximum Gasteiger partial charge on any atom is 0.360 e. The zero-order valence-electron chi connectivity index (χ0n) is 13.1. The van der Waals surface area contributed by atoms with Crippen molar-refractivity contribution in [2.24, 2.45) is 5.92 Å². The SMILES string of the molecule is COC(=O)c1ncc2c(cc(Br)c(=O)n2CC2CCOCC2)c1O. The van der Waals surface area contributed by atoms with Gasteiger partial charge in [0, 0.05) is 25.1 Å². The molecule has 0 atom stereocenters. The van der Waals surface area contributed by atoms with Gasteiger partial charge in [-0.25, -0.2) is 9.78 Å². The number of carbonyl (C=O) groups is 1. The van der Waals surface area contributed by atoms with Crippen molar-refractivity contribution in [1.82, 2.24) is 9.55 Å². The van der Waals surface area contributed by atoms with Crippen molar-refractivity contribution in [3.05, 3.63) is 32.8 Å². The van der Waals surface area contributed by atoms with E-state index >= 15 is 0 Å². The molecule has 3 heterocycles. The zero-order chi connectivity index (χ0) is 17.3. The van der Waals surface area contributed by atoms with Crippen molar-refractivity contribution in [3.63, 3.8) is 0 Å². The fourth-order valence-electron chi connectivity index (χ4n) is 2.90. The lowest BCUT2D eigenvalue weighted by molar-refractivity contribution is 0.0589. The predicted molar refractivity (Wildman–Crippen MR) is 90.3 cm³/mol. The number of nitrogens with zero attached hydrogens (tertiary/aromatic N) is 2. The summed E-state index contributed by atoms with van der Waals surface area (Å²) >= 11 is 3.24. The van der Waals surface area contributed by atoms with Crippen molar-refractivity contribution in [2.45, 2.75) is 19.4 Å². The van der Waals surface area contributed by atoms with E-state index in [0.29, 0.717) is 41.1 Å². The van der Waals surface area contributed by atoms with Crippen LogP contribution >= 0.6 is 15.9 Å². The lowest BCUT2D eigenvalue weighted by Gasteiger charge is -2.23. The zero-order valence-corrected chi connectivity index (χ0v) is 14.7. The second-order valence-corrected chi connectivity index (χ2v) is 6.56. The fraction of sp³-hybridized carbons (Fsp3) is 0.438. The summed E-state index contributed by atoms with van der Waals surface area (Å²) in [7, 11) is 1.22. The minimum absolute atomic E-state index is 0.173. The molecule has 0 radical (unpaired) electrons. The molecule has 1 fully saturated rings. The second kappa shape index (κ2) is 6.90. The van der Waals surface area contributed by atoms with Crippen LogP contribution in [0.1, 0.15) is 23.3 Å². The highest BCUT2D eigenvalue weighted by Gasteiger charge is 2.21. The monoisotopic (exact) mass is 396 g/mol. The number of rotatable bonds is 3. The third-order valence-electron chi connectivity index (χ3n) is 4.24. The molecule has 24 heavy (non-hydrogen) atoms. The van der Waals surface area contributed by atoms with E-state index in [2.05, 4.69) is 25.7 Å². The molecule has 3 rings (SSSR count). The molecule has 128 valence electrons. The van der Waals surface area contributed by atoms with Crippen LogP contribution in [0.2, 0.25) is 0 Å². The summed E-state index contributed by atoms with van der Waals surface area (Å²) in [6.45, 7) is 1.87. The van der Waals surface area contributed by atoms with Gasteiger partial charge in [-0.2, -0.15) is 0 Å². The number of aromatic nitrogens is 2. The van der Waals surface area contributed by atoms with Gasteiger partial charge in [0.15, 0.2) is 11.4 Å². The predicted octanol–water partition coefficient (Wildman–Crippen LogP) is 2.08. The first-order valence-electron chi connectivity index (χ1n) is 7.60. The number of halogens is 1. The Balaban J connectivity index is 2.13. The first kappa shape index (κ1) is 16.9. The maximum absolute atomic E-state index is 12.5. The summed E-state index contributed by atoms with van der Waals surface area (Å²) < 4.78 is 11.9. The molecule has 0 saturated carbocycles. The molecular weight excluding hydrogens is 380 g/mol. The largest absolute Gasteiger partial charge is 0.505 e. The Morgan fingerprint density at radius 1 is 1.50 bits per heavy atom. The van der Waals surface area contributed by atoms with Crippen LogP contribution in [-0.2, 0) is 16.0 Å². The van der Waals surface area contributed by atoms with Crippen LogP contribution in [0.3, 0.4) is 0 Å². The van der Waals surface area contributed by atoms with E-state index in [-0.39, 0.29) is 17.0 Å². The van der Waals surface area contributed by atoms with Crippen molar-refractivity contribution in [2.75, 3.05) is 20.3 Å². The van der Waals surface area contributed by atoms with Gasteiger partial charge in [0.2, 0.25) is 0 Å². The average Bonchev–Trinajstić information content (AvgIpc) is 2.60. The third kappa shape index (κ3) is 3.03. The second-order valence-electron chi connectivity index (χ2n) is 5.71. The van der Waals surface area contributed by atoms with Gasteiger partial charge < -0.3 is 19.1 Å². The molecule has 0 aliphatic carbocycles. The molecule has 0 unspecified atom stereocenters. The van der Waals surface area contributed by atoms with Crippen molar-refractivity contribution in [3.8, 4) is 5.75 Å². The molecule has 1 aliphatic rings. The molecular formula is C16H17BrN2O5. The molecule has 0 spiro atoms. The first-order chi connectivity index (χ1) is 11.5. The van der Waals surface area contributed by atoms with Crippen LogP contribution < -0.4 is 5.56 Å². The summed E-state index contributed by atoms with van der Waals surface area (Å²) in [6.07, 6.45) is 3.18. The molecule has 1 aliphatic heterocycles. The van der Waals surface area contributed by atoms with E-state index in [1.54, 1.807) is 4.57 Å². The van der Waals surface area contributed by atoms with Gasteiger partial charge in [0.05, 0.1) is 23.3 Å². The van der Waals surface area contributed by atoms with Crippen molar-refractivity contribution < 1.29 is 19.4 Å². The molecule has 2 aromatic heterocycles. The topological polar surface area (TPSA) is 90.7 Å². The van der Waals surface area contributed by atoms with E-state index in [1.807, 2.05) is 0 Å². The summed E-state index contributed by atoms with van der Waals surface area (Å²) in [5.74, 6) is -0.704. The summed E-state index contributed by atoms with van der Waals surface area (Å²) in [4.78, 5) is 28.2. The van der Waals surface area contributed by atoms with Crippen LogP contribution in [0.15, 0.2) is 21.5 Å². The molecule has 0 bridgehead atoms. The van der Waals surface area contributed by atoms with E-state index in [9.17, 15) is 14.7 Å². The Labute approximate surface area is 146 Å². The number of aromatic hydroxyl groups is 1. The molecule has 0 amide bonds. The minimum atomic E-state index is -0.729. The molecule has 2 aromatic rings. The fourth-order valence-corrected chi connectivity index (χ4v) is 3.35. The van der Waals surface area contributed by atoms with Gasteiger partial charge in [-0.15, -0.1) is 0 Å². The Kier molecular flexibility index (Phi) is 4.86. The van der Waals surface area contributed by atoms with Crippen LogP contribution in [0.5, 0.6) is 5.75 Å². The van der Waals surface area contributed by atoms with Gasteiger partial charge in [-0.1, -0.05) is 0 Å². The molecule has 0 aromatic carbocycles. The highest BCUT2D eigenvalue weighted by molar-refractivity contribution is 9.10. The van der Waals surface area contributed by atoms with Crippen LogP contribution in [-0.4, -0.2) is 41.0 Å². The molecule has 8 heteroatoms. The Bertz CT molecular complexity index is 842. The Morgan fingerprint density at radius 2 is 2.21 bits per heavy atom. The van der Waals surface area contributed by atoms with Gasteiger partial charge in [0.25, 0.3) is 5.56 Å². The van der Waals surface area contributed by atoms with Gasteiger partial charge in [-0.3, -0.25) is 4.79 Å². The average molecular weight is 397 g/mol. The molecule has 1 N–H and O–H groups in total. The lowest BCUT2D eigenvalue weighted by atomic mass is 10.00. The van der Waals surface area contributed by atoms with Crippen LogP contribution in [0, 0.1) is 5.92 Å². The number of pyridine rings is 2. The summed E-state index contributed by atoms with van der Waals surface area (Å²) in [5, 5.41) is 10.8. The van der Waals surface area contributed by atoms with Crippen LogP contribution in [0.4, 0.5) is 0 Å². The Hall–Kier alpha value is -1.93. The smallest absolute Gasteiger partial charge is 0.360 e. The molecule has 1 saturated heterocycles. The van der Waals surface area contributed by atoms with E-state index < -0.39 is 5.97 Å². The number of ether oxygens (including phenoxy) is 2. The maximum atomic E-state index is 12.5. The van der Waals surface area contributed by atoms with E-state index in [4.69, 9.17) is 4.74 Å². The Morgan fingerprint density at radius 3 is 2.88 bits per heavy atom. The third-order valence-corrected chi connectivity index (χ3v) is 4.81. The minimum Gasteiger partial charge on any atom is -0.505 e. The molecule has 7 nitrogen and oxygen atoms in total. The van der Waals surface area contributed by atoms with Gasteiger partial charge in [-0.05, 0) is 40.8 Å². The number of hydrogen-bond acceptors (Lipinski definition) is 6. The lowest BCUT2D eigenvalue weighted by Crippen LogP contribution is -2.28. The standard InChI is InChI=1S/C16H17BrN2O5/c1-23-16(22)13-14(20)10-6-11(17)15(21)19(12(10)7-18-13)8-9-2-4-24-5-3-9/h6-7,9,20H,2-5,8H2,1H3. The van der Waals surface area contributed by atoms with Crippen molar-refractivity contribution in [1.29, 1.82) is 0 Å². The van der Waals surface area contributed by atoms with Gasteiger partial charge in [0.1, 0.15) is 0 Å². The number of methoxy groups -OCH3 is 1. The highest BCUT2D eigenvalue weighted by Crippen LogP contribution is 2.29.